The molecule has 0 radical (unpaired) electrons. The molecule has 0 saturated heterocycles. The molecule has 178 valence electrons. The van der Waals surface area contributed by atoms with Crippen LogP contribution >= 0.6 is 0 Å². The molecule has 1 aromatic rings. The molecule has 3 atom stereocenters. The van der Waals surface area contributed by atoms with Crippen molar-refractivity contribution in [2.24, 2.45) is 22.2 Å². The van der Waals surface area contributed by atoms with Crippen molar-refractivity contribution >= 4 is 29.7 Å². The number of carbonyl (C=O) groups excluding carboxylic acids is 3. The topological polar surface area (TPSA) is 264 Å². The Labute approximate surface area is 183 Å². The minimum absolute atomic E-state index is 0.0119. The predicted molar refractivity (Wildman–Crippen MR) is 112 cm³/mol. The zero-order valence-electron chi connectivity index (χ0n) is 17.3. The molecular weight excluding hydrogens is 426 g/mol. The predicted octanol–water partition coefficient (Wildman–Crippen LogP) is -4.50. The van der Waals surface area contributed by atoms with E-state index in [0.717, 1.165) is 0 Å². The number of carbonyl (C=O) groups is 4. The molecule has 3 amide bonds. The van der Waals surface area contributed by atoms with E-state index in [-0.39, 0.29) is 25.3 Å². The Morgan fingerprint density at radius 2 is 1.88 bits per heavy atom. The number of aromatic nitrogens is 2. The second kappa shape index (κ2) is 13.6. The molecule has 1 aromatic heterocycles. The second-order valence-corrected chi connectivity index (χ2v) is 6.76. The number of carboxylic acid groups (broad SMARTS) is 1. The molecule has 1 rings (SSSR count). The summed E-state index contributed by atoms with van der Waals surface area (Å²) >= 11 is 0. The molecule has 15 heteroatoms. The number of nitrogens with two attached hydrogens (primary N) is 3. The van der Waals surface area contributed by atoms with Gasteiger partial charge in [-0.05, 0) is 12.8 Å². The van der Waals surface area contributed by atoms with E-state index in [4.69, 9.17) is 22.3 Å². The van der Waals surface area contributed by atoms with E-state index < -0.39 is 55.0 Å². The number of aliphatic imine (C=N–C) groups is 1. The SMILES string of the molecule is NC(N)=NCCCC(NC(=O)C(Cc1cnc[nH]1)NC(=O)CNC(=O)C(N)CO)C(=O)O. The number of aromatic amines is 1. The number of aliphatic hydroxyl groups excluding tert-OH is 1. The van der Waals surface area contributed by atoms with Gasteiger partial charge in [0, 0.05) is 24.9 Å². The van der Waals surface area contributed by atoms with Crippen LogP contribution in [0.3, 0.4) is 0 Å². The van der Waals surface area contributed by atoms with Gasteiger partial charge in [-0.15, -0.1) is 0 Å². The number of aliphatic carboxylic acids is 1. The summed E-state index contributed by atoms with van der Waals surface area (Å²) in [5.74, 6) is -3.61. The summed E-state index contributed by atoms with van der Waals surface area (Å²) in [5, 5.41) is 25.3. The fourth-order valence-electron chi connectivity index (χ4n) is 2.49. The third kappa shape index (κ3) is 9.86. The number of hydrogen-bond acceptors (Lipinski definition) is 8. The molecule has 0 aromatic carbocycles. The first-order valence-corrected chi connectivity index (χ1v) is 9.63. The number of aliphatic hydroxyl groups is 1. The monoisotopic (exact) mass is 455 g/mol. The van der Waals surface area contributed by atoms with Gasteiger partial charge in [-0.3, -0.25) is 19.4 Å². The first kappa shape index (κ1) is 26.3. The van der Waals surface area contributed by atoms with Gasteiger partial charge >= 0.3 is 5.97 Å². The van der Waals surface area contributed by atoms with Crippen molar-refractivity contribution in [2.75, 3.05) is 19.7 Å². The Kier molecular flexibility index (Phi) is 11.1. The van der Waals surface area contributed by atoms with Crippen LogP contribution in [0.4, 0.5) is 0 Å². The standard InChI is InChI=1S/C17H29N9O6/c18-10(7-27)14(29)23-6-13(28)25-12(4-9-5-21-8-24-9)15(30)26-11(16(31)32)2-1-3-22-17(19)20/h5,8,10-12,27H,1-4,6-7,18H2,(H,21,24)(H,23,29)(H,25,28)(H,26,30)(H,31,32)(H4,19,20,22). The van der Waals surface area contributed by atoms with Crippen LogP contribution in [0.5, 0.6) is 0 Å². The van der Waals surface area contributed by atoms with Crippen LogP contribution in [0, 0.1) is 0 Å². The number of rotatable bonds is 14. The highest BCUT2D eigenvalue weighted by Gasteiger charge is 2.27. The number of hydrogen-bond donors (Lipinski definition) is 9. The van der Waals surface area contributed by atoms with Gasteiger partial charge in [0.1, 0.15) is 18.1 Å². The average molecular weight is 455 g/mol. The summed E-state index contributed by atoms with van der Waals surface area (Å²) in [5.41, 5.74) is 16.3. The largest absolute Gasteiger partial charge is 0.480 e. The summed E-state index contributed by atoms with van der Waals surface area (Å²) in [6.45, 7) is -0.912. The molecule has 1 heterocycles. The van der Waals surface area contributed by atoms with Gasteiger partial charge in [-0.25, -0.2) is 9.78 Å². The minimum Gasteiger partial charge on any atom is -0.480 e. The Bertz CT molecular complexity index is 794. The van der Waals surface area contributed by atoms with Gasteiger partial charge in [0.25, 0.3) is 0 Å². The van der Waals surface area contributed by atoms with E-state index in [1.165, 1.54) is 12.5 Å². The molecule has 32 heavy (non-hydrogen) atoms. The van der Waals surface area contributed by atoms with E-state index in [0.29, 0.717) is 12.1 Å². The maximum absolute atomic E-state index is 12.7. The number of carboxylic acids is 1. The highest BCUT2D eigenvalue weighted by molar-refractivity contribution is 5.92. The average Bonchev–Trinajstić information content (AvgIpc) is 3.25. The maximum Gasteiger partial charge on any atom is 0.326 e. The van der Waals surface area contributed by atoms with Crippen molar-refractivity contribution in [1.82, 2.24) is 25.9 Å². The molecule has 0 bridgehead atoms. The van der Waals surface area contributed by atoms with Crippen molar-refractivity contribution in [1.29, 1.82) is 0 Å². The Morgan fingerprint density at radius 1 is 1.16 bits per heavy atom. The van der Waals surface area contributed by atoms with Gasteiger partial charge < -0.3 is 48.3 Å². The second-order valence-electron chi connectivity index (χ2n) is 6.76. The van der Waals surface area contributed by atoms with Crippen LogP contribution in [0.25, 0.3) is 0 Å². The van der Waals surface area contributed by atoms with Crippen molar-refractivity contribution in [2.45, 2.75) is 37.4 Å². The van der Waals surface area contributed by atoms with Crippen LogP contribution in [0.1, 0.15) is 18.5 Å². The summed E-state index contributed by atoms with van der Waals surface area (Å²) in [7, 11) is 0. The molecule has 0 fully saturated rings. The lowest BCUT2D eigenvalue weighted by atomic mass is 10.1. The molecule has 15 nitrogen and oxygen atoms in total. The molecule has 3 unspecified atom stereocenters. The zero-order valence-corrected chi connectivity index (χ0v) is 17.3. The highest BCUT2D eigenvalue weighted by Crippen LogP contribution is 2.03. The summed E-state index contributed by atoms with van der Waals surface area (Å²) < 4.78 is 0. The number of H-pyrrole nitrogens is 1. The molecule has 0 aliphatic carbocycles. The molecule has 0 aliphatic rings. The number of nitrogens with zero attached hydrogens (tertiary/aromatic N) is 2. The van der Waals surface area contributed by atoms with Crippen molar-refractivity contribution in [3.8, 4) is 0 Å². The number of imidazole rings is 1. The third-order valence-corrected chi connectivity index (χ3v) is 4.15. The number of nitrogens with one attached hydrogen (secondary N) is 4. The van der Waals surface area contributed by atoms with Crippen LogP contribution in [-0.2, 0) is 25.6 Å². The van der Waals surface area contributed by atoms with E-state index in [2.05, 4.69) is 30.9 Å². The fourth-order valence-corrected chi connectivity index (χ4v) is 2.49. The molecular formula is C17H29N9O6. The van der Waals surface area contributed by atoms with Crippen LogP contribution in [-0.4, -0.2) is 87.7 Å². The van der Waals surface area contributed by atoms with Crippen molar-refractivity contribution in [3.63, 3.8) is 0 Å². The first-order valence-electron chi connectivity index (χ1n) is 9.63. The lowest BCUT2D eigenvalue weighted by Crippen LogP contribution is -2.54. The van der Waals surface area contributed by atoms with E-state index >= 15 is 0 Å². The van der Waals surface area contributed by atoms with Gasteiger partial charge in [0.05, 0.1) is 19.5 Å². The number of guanidine groups is 1. The summed E-state index contributed by atoms with van der Waals surface area (Å²) in [4.78, 5) is 58.4. The normalized spacial score (nSPS) is 13.3. The van der Waals surface area contributed by atoms with E-state index in [1.54, 1.807) is 0 Å². The Balaban J connectivity index is 2.77. The lowest BCUT2D eigenvalue weighted by molar-refractivity contribution is -0.142. The molecule has 0 spiro atoms. The van der Waals surface area contributed by atoms with Crippen LogP contribution < -0.4 is 33.2 Å². The summed E-state index contributed by atoms with van der Waals surface area (Å²) in [6.07, 6.45) is 3.16. The maximum atomic E-state index is 12.7. The number of amides is 3. The Morgan fingerprint density at radius 3 is 2.44 bits per heavy atom. The van der Waals surface area contributed by atoms with Crippen molar-refractivity contribution in [3.05, 3.63) is 18.2 Å². The molecule has 0 saturated carbocycles. The third-order valence-electron chi connectivity index (χ3n) is 4.15. The minimum atomic E-state index is -1.26. The van der Waals surface area contributed by atoms with Gasteiger partial charge in [0.2, 0.25) is 17.7 Å². The van der Waals surface area contributed by atoms with E-state index in [1.807, 2.05) is 0 Å². The highest BCUT2D eigenvalue weighted by atomic mass is 16.4. The summed E-state index contributed by atoms with van der Waals surface area (Å²) in [6, 6.07) is -3.59. The van der Waals surface area contributed by atoms with Gasteiger partial charge in [0.15, 0.2) is 5.96 Å². The van der Waals surface area contributed by atoms with Crippen LogP contribution in [0.2, 0.25) is 0 Å². The Hall–Kier alpha value is -3.72. The molecule has 12 N–H and O–H groups in total. The molecule has 0 aliphatic heterocycles. The van der Waals surface area contributed by atoms with E-state index in [9.17, 15) is 24.3 Å². The van der Waals surface area contributed by atoms with Gasteiger partial charge in [-0.2, -0.15) is 0 Å². The quantitative estimate of drug-likeness (QED) is 0.0736. The lowest BCUT2D eigenvalue weighted by Gasteiger charge is -2.21. The van der Waals surface area contributed by atoms with Crippen molar-refractivity contribution < 1.29 is 29.4 Å². The van der Waals surface area contributed by atoms with Gasteiger partial charge in [-0.1, -0.05) is 0 Å². The first-order chi connectivity index (χ1) is 15.1. The fraction of sp³-hybridized carbons (Fsp3) is 0.529. The van der Waals surface area contributed by atoms with Crippen LogP contribution in [0.15, 0.2) is 17.5 Å². The smallest absolute Gasteiger partial charge is 0.326 e. The zero-order chi connectivity index (χ0) is 24.1.